The number of nitrogens with two attached hydrogens (primary N) is 1. The average Bonchev–Trinajstić information content (AvgIpc) is 2.98. The van der Waals surface area contributed by atoms with Crippen molar-refractivity contribution in [3.8, 4) is 6.07 Å². The van der Waals surface area contributed by atoms with Crippen LogP contribution in [-0.4, -0.2) is 5.91 Å². The molecule has 3 N–H and O–H groups in total. The van der Waals surface area contributed by atoms with Crippen LogP contribution < -0.4 is 11.1 Å². The van der Waals surface area contributed by atoms with Gasteiger partial charge in [0, 0.05) is 4.88 Å². The minimum atomic E-state index is -0.691. The topological polar surface area (TPSA) is 78.9 Å². The summed E-state index contributed by atoms with van der Waals surface area (Å²) in [5, 5.41) is 15.7. The second-order valence-electron chi connectivity index (χ2n) is 3.26. The first-order chi connectivity index (χ1) is 8.22. The maximum atomic E-state index is 11.8. The summed E-state index contributed by atoms with van der Waals surface area (Å²) in [7, 11) is 0. The zero-order valence-corrected chi connectivity index (χ0v) is 10.3. The maximum Gasteiger partial charge on any atom is 0.247 e. The standard InChI is InChI=1S/C11H9N3OS2/c12-6-7-3-5-17-11(7)14-10(15)9(13)8-2-1-4-16-8/h1-5,9H,13H2,(H,14,15). The van der Waals surface area contributed by atoms with E-state index in [0.29, 0.717) is 10.6 Å². The number of hydrogen-bond donors (Lipinski definition) is 2. The Hall–Kier alpha value is -1.68. The molecule has 0 aliphatic carbocycles. The molecule has 0 radical (unpaired) electrons. The molecule has 0 saturated heterocycles. The Bertz CT molecular complexity index is 554. The highest BCUT2D eigenvalue weighted by Gasteiger charge is 2.18. The van der Waals surface area contributed by atoms with Crippen LogP contribution in [0.15, 0.2) is 29.0 Å². The quantitative estimate of drug-likeness (QED) is 0.892. The van der Waals surface area contributed by atoms with Crippen LogP contribution in [0.2, 0.25) is 0 Å². The van der Waals surface area contributed by atoms with E-state index in [-0.39, 0.29) is 5.91 Å². The third-order valence-electron chi connectivity index (χ3n) is 2.15. The van der Waals surface area contributed by atoms with E-state index in [2.05, 4.69) is 5.32 Å². The van der Waals surface area contributed by atoms with Crippen molar-refractivity contribution in [2.45, 2.75) is 6.04 Å². The van der Waals surface area contributed by atoms with E-state index in [1.165, 1.54) is 22.7 Å². The zero-order chi connectivity index (χ0) is 12.3. The summed E-state index contributed by atoms with van der Waals surface area (Å²) in [5.41, 5.74) is 6.27. The molecule has 6 heteroatoms. The highest BCUT2D eigenvalue weighted by Crippen LogP contribution is 2.24. The van der Waals surface area contributed by atoms with Gasteiger partial charge in [-0.15, -0.1) is 22.7 Å². The van der Waals surface area contributed by atoms with E-state index >= 15 is 0 Å². The van der Waals surface area contributed by atoms with Crippen LogP contribution in [-0.2, 0) is 4.79 Å². The van der Waals surface area contributed by atoms with Crippen LogP contribution in [0, 0.1) is 11.3 Å². The lowest BCUT2D eigenvalue weighted by Crippen LogP contribution is -2.26. The van der Waals surface area contributed by atoms with Gasteiger partial charge in [0.15, 0.2) is 0 Å². The van der Waals surface area contributed by atoms with Gasteiger partial charge in [0.1, 0.15) is 17.1 Å². The molecule has 2 heterocycles. The van der Waals surface area contributed by atoms with E-state index in [9.17, 15) is 4.79 Å². The van der Waals surface area contributed by atoms with Gasteiger partial charge in [0.2, 0.25) is 5.91 Å². The molecule has 1 unspecified atom stereocenters. The molecular formula is C11H9N3OS2. The van der Waals surface area contributed by atoms with Crippen molar-refractivity contribution in [2.24, 2.45) is 5.73 Å². The number of rotatable bonds is 3. The molecule has 4 nitrogen and oxygen atoms in total. The Labute approximate surface area is 106 Å². The first kappa shape index (κ1) is 11.8. The number of nitriles is 1. The molecule has 0 aliphatic rings. The fourth-order valence-electron chi connectivity index (χ4n) is 1.28. The summed E-state index contributed by atoms with van der Waals surface area (Å²) in [6, 6.07) is 6.64. The fourth-order valence-corrected chi connectivity index (χ4v) is 2.75. The van der Waals surface area contributed by atoms with E-state index < -0.39 is 6.04 Å². The van der Waals surface area contributed by atoms with E-state index in [1.54, 1.807) is 11.4 Å². The summed E-state index contributed by atoms with van der Waals surface area (Å²) in [6.45, 7) is 0. The van der Waals surface area contributed by atoms with Gasteiger partial charge in [0.05, 0.1) is 5.56 Å². The Balaban J connectivity index is 2.10. The summed E-state index contributed by atoms with van der Waals surface area (Å²) >= 11 is 2.74. The van der Waals surface area contributed by atoms with Crippen LogP contribution in [0.5, 0.6) is 0 Å². The number of nitrogens with one attached hydrogen (secondary N) is 1. The largest absolute Gasteiger partial charge is 0.316 e. The fraction of sp³-hybridized carbons (Fsp3) is 0.0909. The van der Waals surface area contributed by atoms with Gasteiger partial charge in [-0.2, -0.15) is 5.26 Å². The molecule has 1 atom stereocenters. The van der Waals surface area contributed by atoms with Gasteiger partial charge < -0.3 is 11.1 Å². The number of carbonyl (C=O) groups is 1. The van der Waals surface area contributed by atoms with Gasteiger partial charge in [-0.25, -0.2) is 0 Å². The monoisotopic (exact) mass is 263 g/mol. The number of anilines is 1. The number of nitrogens with zero attached hydrogens (tertiary/aromatic N) is 1. The third kappa shape index (κ3) is 2.53. The average molecular weight is 263 g/mol. The molecule has 2 aromatic rings. The minimum absolute atomic E-state index is 0.300. The molecule has 0 aromatic carbocycles. The third-order valence-corrected chi connectivity index (χ3v) is 3.94. The lowest BCUT2D eigenvalue weighted by atomic mass is 10.2. The predicted molar refractivity (Wildman–Crippen MR) is 68.9 cm³/mol. The van der Waals surface area contributed by atoms with Crippen molar-refractivity contribution in [1.82, 2.24) is 0 Å². The lowest BCUT2D eigenvalue weighted by molar-refractivity contribution is -0.117. The predicted octanol–water partition coefficient (Wildman–Crippen LogP) is 2.32. The number of amides is 1. The molecule has 0 saturated carbocycles. The number of thiophene rings is 2. The first-order valence-electron chi connectivity index (χ1n) is 4.80. The molecule has 0 spiro atoms. The zero-order valence-electron chi connectivity index (χ0n) is 8.71. The van der Waals surface area contributed by atoms with Crippen LogP contribution in [0.25, 0.3) is 0 Å². The number of hydrogen-bond acceptors (Lipinski definition) is 5. The second-order valence-corrected chi connectivity index (χ2v) is 5.15. The van der Waals surface area contributed by atoms with Gasteiger partial charge in [-0.05, 0) is 22.9 Å². The molecule has 86 valence electrons. The van der Waals surface area contributed by atoms with E-state index in [0.717, 1.165) is 4.88 Å². The Morgan fingerprint density at radius 3 is 2.88 bits per heavy atom. The van der Waals surface area contributed by atoms with Crippen molar-refractivity contribution < 1.29 is 4.79 Å². The smallest absolute Gasteiger partial charge is 0.247 e. The number of carbonyl (C=O) groups excluding carboxylic acids is 1. The van der Waals surface area contributed by atoms with Crippen molar-refractivity contribution in [2.75, 3.05) is 5.32 Å². The molecule has 0 aliphatic heterocycles. The van der Waals surface area contributed by atoms with Crippen LogP contribution in [0.1, 0.15) is 16.5 Å². The van der Waals surface area contributed by atoms with Crippen molar-refractivity contribution in [3.05, 3.63) is 39.4 Å². The van der Waals surface area contributed by atoms with Gasteiger partial charge in [0.25, 0.3) is 0 Å². The van der Waals surface area contributed by atoms with E-state index in [4.69, 9.17) is 11.0 Å². The molecular weight excluding hydrogens is 254 g/mol. The van der Waals surface area contributed by atoms with Gasteiger partial charge in [-0.3, -0.25) is 4.79 Å². The highest BCUT2D eigenvalue weighted by molar-refractivity contribution is 7.14. The van der Waals surface area contributed by atoms with E-state index in [1.807, 2.05) is 23.6 Å². The lowest BCUT2D eigenvalue weighted by Gasteiger charge is -2.09. The van der Waals surface area contributed by atoms with Gasteiger partial charge >= 0.3 is 0 Å². The molecule has 2 rings (SSSR count). The van der Waals surface area contributed by atoms with Crippen molar-refractivity contribution in [3.63, 3.8) is 0 Å². The summed E-state index contributed by atoms with van der Waals surface area (Å²) in [4.78, 5) is 12.6. The minimum Gasteiger partial charge on any atom is -0.316 e. The van der Waals surface area contributed by atoms with Crippen molar-refractivity contribution >= 4 is 33.6 Å². The molecule has 0 fully saturated rings. The molecule has 1 amide bonds. The summed E-state index contributed by atoms with van der Waals surface area (Å²) in [6.07, 6.45) is 0. The summed E-state index contributed by atoms with van der Waals surface area (Å²) < 4.78 is 0. The molecule has 2 aromatic heterocycles. The Morgan fingerprint density at radius 1 is 1.41 bits per heavy atom. The normalized spacial score (nSPS) is 11.8. The van der Waals surface area contributed by atoms with Crippen LogP contribution in [0.4, 0.5) is 5.00 Å². The Kier molecular flexibility index (Phi) is 3.54. The van der Waals surface area contributed by atoms with Gasteiger partial charge in [-0.1, -0.05) is 6.07 Å². The first-order valence-corrected chi connectivity index (χ1v) is 6.55. The summed E-state index contributed by atoms with van der Waals surface area (Å²) in [5.74, 6) is -0.300. The molecule has 0 bridgehead atoms. The maximum absolute atomic E-state index is 11.8. The highest BCUT2D eigenvalue weighted by atomic mass is 32.1. The molecule has 17 heavy (non-hydrogen) atoms. The SMILES string of the molecule is N#Cc1ccsc1NC(=O)C(N)c1cccs1. The Morgan fingerprint density at radius 2 is 2.24 bits per heavy atom. The van der Waals surface area contributed by atoms with Crippen LogP contribution in [0.3, 0.4) is 0 Å². The van der Waals surface area contributed by atoms with Crippen LogP contribution >= 0.6 is 22.7 Å². The van der Waals surface area contributed by atoms with Crippen molar-refractivity contribution in [1.29, 1.82) is 5.26 Å². The second kappa shape index (κ2) is 5.10.